The monoisotopic (exact) mass is 240 g/mol. The Morgan fingerprint density at radius 2 is 1.94 bits per heavy atom. The van der Waals surface area contributed by atoms with Crippen LogP contribution in [0.5, 0.6) is 0 Å². The Morgan fingerprint density at radius 3 is 2.59 bits per heavy atom. The number of hydrogen-bond donors (Lipinski definition) is 1. The van der Waals surface area contributed by atoms with E-state index in [0.29, 0.717) is 23.4 Å². The van der Waals surface area contributed by atoms with Crippen LogP contribution in [0.3, 0.4) is 0 Å². The van der Waals surface area contributed by atoms with Crippen molar-refractivity contribution in [3.63, 3.8) is 0 Å². The number of nitrogens with two attached hydrogens (primary N) is 1. The summed E-state index contributed by atoms with van der Waals surface area (Å²) in [7, 11) is 0. The van der Waals surface area contributed by atoms with Gasteiger partial charge >= 0.3 is 0 Å². The summed E-state index contributed by atoms with van der Waals surface area (Å²) in [6.07, 6.45) is 3.56. The van der Waals surface area contributed by atoms with Gasteiger partial charge in [-0.05, 0) is 44.1 Å². The molecule has 3 atom stereocenters. The van der Waals surface area contributed by atoms with Gasteiger partial charge in [-0.3, -0.25) is 4.90 Å². The lowest BCUT2D eigenvalue weighted by Gasteiger charge is -2.46. The molecular formula is C14H28N2O. The van der Waals surface area contributed by atoms with Crippen molar-refractivity contribution in [2.24, 2.45) is 17.1 Å². The van der Waals surface area contributed by atoms with E-state index in [4.69, 9.17) is 10.5 Å². The third-order valence-electron chi connectivity index (χ3n) is 5.05. The van der Waals surface area contributed by atoms with Crippen molar-refractivity contribution >= 4 is 0 Å². The Kier molecular flexibility index (Phi) is 4.11. The molecule has 2 rings (SSSR count). The van der Waals surface area contributed by atoms with E-state index in [2.05, 4.69) is 25.7 Å². The van der Waals surface area contributed by atoms with Crippen molar-refractivity contribution in [3.05, 3.63) is 0 Å². The fourth-order valence-electron chi connectivity index (χ4n) is 3.21. The van der Waals surface area contributed by atoms with E-state index in [1.165, 1.54) is 25.9 Å². The van der Waals surface area contributed by atoms with Crippen molar-refractivity contribution < 1.29 is 4.74 Å². The third kappa shape index (κ3) is 3.01. The van der Waals surface area contributed by atoms with Crippen LogP contribution >= 0.6 is 0 Å². The molecule has 0 amide bonds. The maximum absolute atomic E-state index is 6.15. The van der Waals surface area contributed by atoms with Gasteiger partial charge in [0, 0.05) is 31.8 Å². The van der Waals surface area contributed by atoms with Crippen LogP contribution in [0, 0.1) is 11.3 Å². The number of rotatable bonds is 2. The van der Waals surface area contributed by atoms with Crippen LogP contribution in [0.1, 0.15) is 40.0 Å². The lowest BCUT2D eigenvalue weighted by Crippen LogP contribution is -2.54. The molecule has 0 spiro atoms. The zero-order valence-corrected chi connectivity index (χ0v) is 11.6. The predicted molar refractivity (Wildman–Crippen MR) is 71.0 cm³/mol. The number of likely N-dealkylation sites (tertiary alicyclic amines) is 1. The molecule has 2 N–H and O–H groups in total. The highest BCUT2D eigenvalue weighted by Gasteiger charge is 2.35. The smallest absolute Gasteiger partial charge is 0.0471 e. The zero-order chi connectivity index (χ0) is 12.5. The van der Waals surface area contributed by atoms with E-state index in [1.54, 1.807) is 0 Å². The summed E-state index contributed by atoms with van der Waals surface area (Å²) in [5, 5.41) is 0. The van der Waals surface area contributed by atoms with Crippen molar-refractivity contribution in [2.75, 3.05) is 26.3 Å². The summed E-state index contributed by atoms with van der Waals surface area (Å²) in [4.78, 5) is 2.65. The molecule has 3 unspecified atom stereocenters. The van der Waals surface area contributed by atoms with Crippen molar-refractivity contribution in [2.45, 2.75) is 52.1 Å². The van der Waals surface area contributed by atoms with Gasteiger partial charge in [-0.2, -0.15) is 0 Å². The second-order valence-corrected chi connectivity index (χ2v) is 6.45. The minimum atomic E-state index is 0.392. The SMILES string of the molecule is CC1C(N)CCN(CC2(C)CCOCC2)C1C. The zero-order valence-electron chi connectivity index (χ0n) is 11.6. The molecule has 100 valence electrons. The fraction of sp³-hybridized carbons (Fsp3) is 1.00. The van der Waals surface area contributed by atoms with Gasteiger partial charge in [-0.1, -0.05) is 13.8 Å². The molecule has 3 heteroatoms. The molecule has 0 aromatic rings. The Hall–Kier alpha value is -0.120. The molecule has 0 radical (unpaired) electrons. The van der Waals surface area contributed by atoms with Gasteiger partial charge in [0.15, 0.2) is 0 Å². The van der Waals surface area contributed by atoms with E-state index < -0.39 is 0 Å². The van der Waals surface area contributed by atoms with Gasteiger partial charge in [0.2, 0.25) is 0 Å². The van der Waals surface area contributed by atoms with E-state index >= 15 is 0 Å². The number of hydrogen-bond acceptors (Lipinski definition) is 3. The summed E-state index contributed by atoms with van der Waals surface area (Å²) >= 11 is 0. The summed E-state index contributed by atoms with van der Waals surface area (Å²) in [5.74, 6) is 0.618. The number of piperidine rings is 1. The Morgan fingerprint density at radius 1 is 1.29 bits per heavy atom. The second kappa shape index (κ2) is 5.25. The van der Waals surface area contributed by atoms with E-state index in [-0.39, 0.29) is 0 Å². The molecule has 0 aromatic heterocycles. The molecule has 0 saturated carbocycles. The first-order valence-corrected chi connectivity index (χ1v) is 7.09. The van der Waals surface area contributed by atoms with Crippen LogP contribution < -0.4 is 5.73 Å². The summed E-state index contributed by atoms with van der Waals surface area (Å²) in [6.45, 7) is 11.3. The number of nitrogens with zero attached hydrogens (tertiary/aromatic N) is 1. The highest BCUT2D eigenvalue weighted by atomic mass is 16.5. The molecule has 0 aliphatic carbocycles. The largest absolute Gasteiger partial charge is 0.381 e. The van der Waals surface area contributed by atoms with Crippen LogP contribution in [-0.4, -0.2) is 43.3 Å². The van der Waals surface area contributed by atoms with Gasteiger partial charge in [0.1, 0.15) is 0 Å². The molecule has 3 nitrogen and oxygen atoms in total. The van der Waals surface area contributed by atoms with Gasteiger partial charge in [0.05, 0.1) is 0 Å². The first-order chi connectivity index (χ1) is 8.02. The summed E-state index contributed by atoms with van der Waals surface area (Å²) in [5.41, 5.74) is 6.60. The van der Waals surface area contributed by atoms with Crippen molar-refractivity contribution in [3.8, 4) is 0 Å². The van der Waals surface area contributed by atoms with Crippen LogP contribution in [0.4, 0.5) is 0 Å². The quantitative estimate of drug-likeness (QED) is 0.800. The van der Waals surface area contributed by atoms with E-state index in [0.717, 1.165) is 19.6 Å². The topological polar surface area (TPSA) is 38.5 Å². The Bertz CT molecular complexity index is 251. The van der Waals surface area contributed by atoms with Crippen molar-refractivity contribution in [1.82, 2.24) is 4.90 Å². The first kappa shape index (κ1) is 13.3. The summed E-state index contributed by atoms with van der Waals surface area (Å²) < 4.78 is 5.48. The highest BCUT2D eigenvalue weighted by Crippen LogP contribution is 2.33. The second-order valence-electron chi connectivity index (χ2n) is 6.45. The lowest BCUT2D eigenvalue weighted by atomic mass is 9.79. The van der Waals surface area contributed by atoms with Crippen molar-refractivity contribution in [1.29, 1.82) is 0 Å². The molecule has 2 aliphatic rings. The molecule has 0 bridgehead atoms. The molecule has 17 heavy (non-hydrogen) atoms. The van der Waals surface area contributed by atoms with Gasteiger partial charge in [-0.15, -0.1) is 0 Å². The normalized spacial score (nSPS) is 39.2. The van der Waals surface area contributed by atoms with Crippen LogP contribution in [-0.2, 0) is 4.74 Å². The highest BCUT2D eigenvalue weighted by molar-refractivity contribution is 4.90. The standard InChI is InChI=1S/C14H28N2O/c1-11-12(2)16(7-4-13(11)15)10-14(3)5-8-17-9-6-14/h11-13H,4-10,15H2,1-3H3. The Balaban J connectivity index is 1.94. The molecular weight excluding hydrogens is 212 g/mol. The predicted octanol–water partition coefficient (Wildman–Crippen LogP) is 1.86. The molecule has 0 aromatic carbocycles. The van der Waals surface area contributed by atoms with Gasteiger partial charge < -0.3 is 10.5 Å². The number of ether oxygens (including phenoxy) is 1. The minimum absolute atomic E-state index is 0.392. The van der Waals surface area contributed by atoms with Crippen LogP contribution in [0.25, 0.3) is 0 Å². The maximum Gasteiger partial charge on any atom is 0.0471 e. The molecule has 2 saturated heterocycles. The van der Waals surface area contributed by atoms with E-state index in [1.807, 2.05) is 0 Å². The van der Waals surface area contributed by atoms with Crippen LogP contribution in [0.15, 0.2) is 0 Å². The molecule has 2 aliphatic heterocycles. The third-order valence-corrected chi connectivity index (χ3v) is 5.05. The van der Waals surface area contributed by atoms with Gasteiger partial charge in [0.25, 0.3) is 0 Å². The van der Waals surface area contributed by atoms with E-state index in [9.17, 15) is 0 Å². The first-order valence-electron chi connectivity index (χ1n) is 7.09. The van der Waals surface area contributed by atoms with Gasteiger partial charge in [-0.25, -0.2) is 0 Å². The van der Waals surface area contributed by atoms with Crippen LogP contribution in [0.2, 0.25) is 0 Å². The summed E-state index contributed by atoms with van der Waals surface area (Å²) in [6, 6.07) is 1.02. The lowest BCUT2D eigenvalue weighted by molar-refractivity contribution is -0.0159. The maximum atomic E-state index is 6.15. The minimum Gasteiger partial charge on any atom is -0.381 e. The average molecular weight is 240 g/mol. The fourth-order valence-corrected chi connectivity index (χ4v) is 3.21. The Labute approximate surface area is 106 Å². The molecule has 2 heterocycles. The average Bonchev–Trinajstić information content (AvgIpc) is 2.31. The molecule has 2 fully saturated rings.